The van der Waals surface area contributed by atoms with Crippen LogP contribution in [0.1, 0.15) is 12.5 Å². The zero-order chi connectivity index (χ0) is 26.5. The van der Waals surface area contributed by atoms with Crippen LogP contribution >= 0.6 is 0 Å². The maximum absolute atomic E-state index is 12.7. The molecule has 192 valence electrons. The number of nitrogens with zero attached hydrogens (tertiary/aromatic N) is 5. The minimum Gasteiger partial charge on any atom is -0.494 e. The van der Waals surface area contributed by atoms with E-state index in [0.717, 1.165) is 5.56 Å². The van der Waals surface area contributed by atoms with Gasteiger partial charge in [-0.2, -0.15) is 0 Å². The Labute approximate surface area is 219 Å². The van der Waals surface area contributed by atoms with Gasteiger partial charge in [0.2, 0.25) is 11.8 Å². The number of nitrogens with one attached hydrogen (secondary N) is 1. The summed E-state index contributed by atoms with van der Waals surface area (Å²) in [6.45, 7) is 2.37. The molecule has 0 atom stereocenters. The van der Waals surface area contributed by atoms with E-state index in [0.29, 0.717) is 52.5 Å². The molecule has 0 fully saturated rings. The molecule has 0 radical (unpaired) electrons. The Kier molecular flexibility index (Phi) is 7.12. The quantitative estimate of drug-likeness (QED) is 0.309. The number of rotatable bonds is 9. The zero-order valence-electron chi connectivity index (χ0n) is 21.2. The van der Waals surface area contributed by atoms with Crippen LogP contribution < -0.4 is 19.5 Å². The molecular weight excluding hydrogens is 484 g/mol. The largest absolute Gasteiger partial charge is 0.494 e. The first-order valence-electron chi connectivity index (χ1n) is 12.0. The van der Waals surface area contributed by atoms with Crippen LogP contribution in [0.2, 0.25) is 0 Å². The molecule has 0 saturated carbocycles. The number of hydrogen-bond donors (Lipinski definition) is 1. The van der Waals surface area contributed by atoms with Gasteiger partial charge in [0.05, 0.1) is 33.4 Å². The van der Waals surface area contributed by atoms with Gasteiger partial charge in [0.25, 0.3) is 0 Å². The number of fused-ring (bicyclic) bond motifs is 1. The normalized spacial score (nSPS) is 10.8. The van der Waals surface area contributed by atoms with Gasteiger partial charge in [-0.15, -0.1) is 0 Å². The molecule has 5 rings (SSSR count). The molecule has 1 amide bonds. The maximum Gasteiger partial charge on any atom is 0.229 e. The number of pyridine rings is 1. The van der Waals surface area contributed by atoms with Crippen molar-refractivity contribution >= 4 is 23.0 Å². The Bertz CT molecular complexity index is 1560. The summed E-state index contributed by atoms with van der Waals surface area (Å²) in [6, 6.07) is 20.4. The lowest BCUT2D eigenvalue weighted by molar-refractivity contribution is -0.115. The van der Waals surface area contributed by atoms with Crippen molar-refractivity contribution in [3.8, 4) is 34.6 Å². The molecule has 0 unspecified atom stereocenters. The van der Waals surface area contributed by atoms with Crippen molar-refractivity contribution < 1.29 is 19.0 Å². The lowest BCUT2D eigenvalue weighted by atomic mass is 10.1. The minimum absolute atomic E-state index is 0.208. The number of amides is 1. The third-order valence-corrected chi connectivity index (χ3v) is 5.72. The fourth-order valence-corrected chi connectivity index (χ4v) is 4.08. The molecule has 0 aliphatic rings. The first-order valence-corrected chi connectivity index (χ1v) is 12.0. The number of hydrogen-bond acceptors (Lipinski definition) is 8. The van der Waals surface area contributed by atoms with Crippen LogP contribution in [-0.4, -0.2) is 51.2 Å². The molecule has 2 aromatic carbocycles. The highest BCUT2D eigenvalue weighted by Gasteiger charge is 2.24. The van der Waals surface area contributed by atoms with Gasteiger partial charge in [0.1, 0.15) is 22.9 Å². The number of benzene rings is 2. The first kappa shape index (κ1) is 24.7. The van der Waals surface area contributed by atoms with Crippen LogP contribution in [-0.2, 0) is 11.2 Å². The van der Waals surface area contributed by atoms with Crippen LogP contribution in [0.4, 0.5) is 5.82 Å². The molecule has 0 aliphatic carbocycles. The van der Waals surface area contributed by atoms with Crippen LogP contribution in [0.3, 0.4) is 0 Å². The molecular formula is C28H26N6O4. The molecule has 10 nitrogen and oxygen atoms in total. The Morgan fingerprint density at radius 2 is 1.63 bits per heavy atom. The zero-order valence-corrected chi connectivity index (χ0v) is 21.2. The predicted molar refractivity (Wildman–Crippen MR) is 143 cm³/mol. The van der Waals surface area contributed by atoms with Crippen molar-refractivity contribution in [2.45, 2.75) is 13.3 Å². The molecule has 10 heteroatoms. The first-order chi connectivity index (χ1) is 18.6. The Morgan fingerprint density at radius 3 is 2.34 bits per heavy atom. The van der Waals surface area contributed by atoms with Gasteiger partial charge in [0.15, 0.2) is 22.9 Å². The van der Waals surface area contributed by atoms with E-state index in [9.17, 15) is 4.79 Å². The lowest BCUT2D eigenvalue weighted by Gasteiger charge is -2.16. The molecule has 0 bridgehead atoms. The Hall–Kier alpha value is -4.99. The molecule has 38 heavy (non-hydrogen) atoms. The van der Waals surface area contributed by atoms with Crippen molar-refractivity contribution in [1.82, 2.24) is 24.5 Å². The van der Waals surface area contributed by atoms with Crippen LogP contribution in [0.5, 0.6) is 17.4 Å². The van der Waals surface area contributed by atoms with E-state index in [1.807, 2.05) is 67.6 Å². The summed E-state index contributed by atoms with van der Waals surface area (Å²) < 4.78 is 18.7. The number of carbonyl (C=O) groups excluding carboxylic acids is 1. The molecule has 0 saturated heterocycles. The van der Waals surface area contributed by atoms with Gasteiger partial charge in [-0.25, -0.2) is 19.9 Å². The van der Waals surface area contributed by atoms with Gasteiger partial charge < -0.3 is 19.5 Å². The molecule has 5 aromatic rings. The Balaban J connectivity index is 1.66. The summed E-state index contributed by atoms with van der Waals surface area (Å²) in [4.78, 5) is 31.3. The number of anilines is 1. The SMILES string of the molecule is CCOc1cccc(-c2nc3ncc(NC(=O)Cc4ccccc4)nc3n2-c2c(OC)cccc2OC)n1. The van der Waals surface area contributed by atoms with Crippen LogP contribution in [0, 0.1) is 0 Å². The second kappa shape index (κ2) is 11.0. The second-order valence-electron chi connectivity index (χ2n) is 8.19. The summed E-state index contributed by atoms with van der Waals surface area (Å²) in [5.74, 6) is 2.06. The average Bonchev–Trinajstić information content (AvgIpc) is 3.31. The number of imidazole rings is 1. The van der Waals surface area contributed by atoms with E-state index in [4.69, 9.17) is 24.2 Å². The van der Waals surface area contributed by atoms with Gasteiger partial charge in [-0.1, -0.05) is 42.5 Å². The van der Waals surface area contributed by atoms with Crippen molar-refractivity contribution in [2.24, 2.45) is 0 Å². The summed E-state index contributed by atoms with van der Waals surface area (Å²) in [6.07, 6.45) is 1.69. The van der Waals surface area contributed by atoms with E-state index in [1.54, 1.807) is 24.9 Å². The standard InChI is InChI=1S/C28H26N6O4/c1-4-38-24-15-8-12-19(30-24)27-33-26-28(34(27)25-20(36-2)13-9-14-21(25)37-3)32-22(17-29-26)31-23(35)16-18-10-6-5-7-11-18/h5-15,17H,4,16H2,1-3H3,(H,31,32,35). The topological polar surface area (TPSA) is 113 Å². The van der Waals surface area contributed by atoms with Crippen molar-refractivity contribution in [3.63, 3.8) is 0 Å². The third-order valence-electron chi connectivity index (χ3n) is 5.72. The predicted octanol–water partition coefficient (Wildman–Crippen LogP) is 4.47. The van der Waals surface area contributed by atoms with Crippen LogP contribution in [0.25, 0.3) is 28.5 Å². The summed E-state index contributed by atoms with van der Waals surface area (Å²) in [5, 5.41) is 2.84. The summed E-state index contributed by atoms with van der Waals surface area (Å²) >= 11 is 0. The fraction of sp³-hybridized carbons (Fsp3) is 0.179. The smallest absolute Gasteiger partial charge is 0.229 e. The Morgan fingerprint density at radius 1 is 0.895 bits per heavy atom. The van der Waals surface area contributed by atoms with Crippen molar-refractivity contribution in [2.75, 3.05) is 26.1 Å². The van der Waals surface area contributed by atoms with E-state index in [-0.39, 0.29) is 18.1 Å². The van der Waals surface area contributed by atoms with Gasteiger partial charge in [-0.05, 0) is 30.7 Å². The number of ether oxygens (including phenoxy) is 3. The van der Waals surface area contributed by atoms with Crippen LogP contribution in [0.15, 0.2) is 72.9 Å². The molecule has 0 spiro atoms. The van der Waals surface area contributed by atoms with Crippen molar-refractivity contribution in [3.05, 3.63) is 78.5 Å². The van der Waals surface area contributed by atoms with E-state index < -0.39 is 0 Å². The lowest BCUT2D eigenvalue weighted by Crippen LogP contribution is -2.15. The minimum atomic E-state index is -0.211. The monoisotopic (exact) mass is 510 g/mol. The number of methoxy groups -OCH3 is 2. The number of carbonyl (C=O) groups is 1. The van der Waals surface area contributed by atoms with Gasteiger partial charge in [0, 0.05) is 6.07 Å². The van der Waals surface area contributed by atoms with Crippen molar-refractivity contribution in [1.29, 1.82) is 0 Å². The molecule has 0 aliphatic heterocycles. The van der Waals surface area contributed by atoms with Gasteiger partial charge >= 0.3 is 0 Å². The molecule has 3 heterocycles. The number of para-hydroxylation sites is 1. The van der Waals surface area contributed by atoms with Gasteiger partial charge in [-0.3, -0.25) is 9.36 Å². The average molecular weight is 511 g/mol. The van der Waals surface area contributed by atoms with E-state index >= 15 is 0 Å². The van der Waals surface area contributed by atoms with E-state index in [2.05, 4.69) is 15.3 Å². The van der Waals surface area contributed by atoms with E-state index in [1.165, 1.54) is 6.20 Å². The number of aromatic nitrogens is 5. The maximum atomic E-state index is 12.7. The second-order valence-corrected chi connectivity index (χ2v) is 8.19. The third kappa shape index (κ3) is 4.96. The highest BCUT2D eigenvalue weighted by atomic mass is 16.5. The molecule has 3 aromatic heterocycles. The summed E-state index contributed by atoms with van der Waals surface area (Å²) in [7, 11) is 3.15. The molecule has 1 N–H and O–H groups in total. The highest BCUT2D eigenvalue weighted by molar-refractivity contribution is 5.92. The fourth-order valence-electron chi connectivity index (χ4n) is 4.08. The summed E-state index contributed by atoms with van der Waals surface area (Å²) in [5.41, 5.74) is 2.76. The highest BCUT2D eigenvalue weighted by Crippen LogP contribution is 2.38.